The first kappa shape index (κ1) is 5.10. The van der Waals surface area contributed by atoms with E-state index in [1.807, 2.05) is 7.05 Å². The van der Waals surface area contributed by atoms with E-state index in [-0.39, 0.29) is 0 Å². The number of hydrogen-bond donors (Lipinski definition) is 1. The molecule has 1 unspecified atom stereocenters. The lowest BCUT2D eigenvalue weighted by atomic mass is 10.3. The smallest absolute Gasteiger partial charge is 0.0179 e. The minimum atomic E-state index is 0.500. The summed E-state index contributed by atoms with van der Waals surface area (Å²) in [5.74, 6) is 0.900. The second-order valence-corrected chi connectivity index (χ2v) is 2.77. The number of rotatable bonds is 1. The van der Waals surface area contributed by atoms with Gasteiger partial charge in [0.2, 0.25) is 0 Å². The topological polar surface area (TPSA) is 12.0 Å². The van der Waals surface area contributed by atoms with E-state index < -0.39 is 0 Å². The Bertz CT molecular complexity index is 76.2. The van der Waals surface area contributed by atoms with Crippen molar-refractivity contribution in [2.24, 2.45) is 5.92 Å². The summed E-state index contributed by atoms with van der Waals surface area (Å²) in [6.07, 6.45) is 1.35. The van der Waals surface area contributed by atoms with E-state index >= 15 is 0 Å². The zero-order valence-electron chi connectivity index (χ0n) is 5.28. The van der Waals surface area contributed by atoms with E-state index in [0.29, 0.717) is 5.54 Å². The van der Waals surface area contributed by atoms with Gasteiger partial charge in [-0.3, -0.25) is 0 Å². The monoisotopic (exact) mass is 99.1 g/mol. The maximum Gasteiger partial charge on any atom is 0.0179 e. The molecule has 1 saturated carbocycles. The molecule has 1 nitrogen and oxygen atoms in total. The summed E-state index contributed by atoms with van der Waals surface area (Å²) in [4.78, 5) is 0. The fourth-order valence-electron chi connectivity index (χ4n) is 0.926. The zero-order valence-corrected chi connectivity index (χ0v) is 5.28. The van der Waals surface area contributed by atoms with Crippen molar-refractivity contribution in [3.63, 3.8) is 0 Å². The molecule has 1 heteroatoms. The third kappa shape index (κ3) is 0.653. The molecule has 1 fully saturated rings. The fourth-order valence-corrected chi connectivity index (χ4v) is 0.926. The first-order valence-corrected chi connectivity index (χ1v) is 2.88. The Morgan fingerprint density at radius 3 is 2.14 bits per heavy atom. The lowest BCUT2D eigenvalue weighted by Gasteiger charge is -2.04. The van der Waals surface area contributed by atoms with Gasteiger partial charge in [-0.1, -0.05) is 6.92 Å². The molecule has 0 radical (unpaired) electrons. The van der Waals surface area contributed by atoms with Crippen LogP contribution in [0.5, 0.6) is 0 Å². The highest BCUT2D eigenvalue weighted by atomic mass is 15.0. The van der Waals surface area contributed by atoms with Crippen LogP contribution in [0.1, 0.15) is 20.3 Å². The van der Waals surface area contributed by atoms with Crippen LogP contribution >= 0.6 is 0 Å². The molecule has 0 heterocycles. The molecular formula is C6H13N. The van der Waals surface area contributed by atoms with Gasteiger partial charge in [0.15, 0.2) is 0 Å². The molecule has 0 aromatic rings. The first-order valence-electron chi connectivity index (χ1n) is 2.88. The lowest BCUT2D eigenvalue weighted by molar-refractivity contribution is 0.560. The molecule has 1 rings (SSSR count). The van der Waals surface area contributed by atoms with E-state index in [1.54, 1.807) is 0 Å². The molecular weight excluding hydrogens is 86.1 g/mol. The van der Waals surface area contributed by atoms with Gasteiger partial charge in [0, 0.05) is 5.54 Å². The summed E-state index contributed by atoms with van der Waals surface area (Å²) in [7, 11) is 2.03. The number of hydrogen-bond acceptors (Lipinski definition) is 1. The van der Waals surface area contributed by atoms with E-state index in [2.05, 4.69) is 19.2 Å². The summed E-state index contributed by atoms with van der Waals surface area (Å²) < 4.78 is 0. The molecule has 0 aromatic heterocycles. The summed E-state index contributed by atoms with van der Waals surface area (Å²) in [5, 5.41) is 3.27. The van der Waals surface area contributed by atoms with Crippen LogP contribution in [-0.2, 0) is 0 Å². The van der Waals surface area contributed by atoms with Gasteiger partial charge in [0.25, 0.3) is 0 Å². The Kier molecular flexibility index (Phi) is 0.890. The summed E-state index contributed by atoms with van der Waals surface area (Å²) in [5.41, 5.74) is 0.500. The molecule has 42 valence electrons. The Labute approximate surface area is 45.1 Å². The summed E-state index contributed by atoms with van der Waals surface area (Å²) in [6.45, 7) is 4.54. The van der Waals surface area contributed by atoms with Gasteiger partial charge in [-0.15, -0.1) is 0 Å². The van der Waals surface area contributed by atoms with Crippen molar-refractivity contribution in [2.45, 2.75) is 25.8 Å². The molecule has 1 aliphatic rings. The van der Waals surface area contributed by atoms with E-state index in [1.165, 1.54) is 6.42 Å². The van der Waals surface area contributed by atoms with Gasteiger partial charge >= 0.3 is 0 Å². The maximum absolute atomic E-state index is 3.27. The molecule has 1 aliphatic carbocycles. The second kappa shape index (κ2) is 1.22. The molecule has 0 amide bonds. The summed E-state index contributed by atoms with van der Waals surface area (Å²) in [6, 6.07) is 0. The third-order valence-corrected chi connectivity index (χ3v) is 2.23. The Hall–Kier alpha value is -0.0400. The SMILES string of the molecule is CN[C@@]1(C)CC1C. The van der Waals surface area contributed by atoms with Gasteiger partial charge < -0.3 is 5.32 Å². The van der Waals surface area contributed by atoms with Crippen LogP contribution in [0.3, 0.4) is 0 Å². The maximum atomic E-state index is 3.27. The van der Waals surface area contributed by atoms with Gasteiger partial charge in [0.1, 0.15) is 0 Å². The van der Waals surface area contributed by atoms with Gasteiger partial charge in [-0.2, -0.15) is 0 Å². The highest BCUT2D eigenvalue weighted by molar-refractivity contribution is 5.03. The highest BCUT2D eigenvalue weighted by Gasteiger charge is 2.44. The van der Waals surface area contributed by atoms with E-state index in [4.69, 9.17) is 0 Å². The Morgan fingerprint density at radius 1 is 1.71 bits per heavy atom. The van der Waals surface area contributed by atoms with Crippen molar-refractivity contribution in [1.29, 1.82) is 0 Å². The molecule has 0 saturated heterocycles. The van der Waals surface area contributed by atoms with Crippen molar-refractivity contribution in [1.82, 2.24) is 5.32 Å². The van der Waals surface area contributed by atoms with Crippen molar-refractivity contribution in [3.8, 4) is 0 Å². The largest absolute Gasteiger partial charge is 0.314 e. The van der Waals surface area contributed by atoms with Crippen LogP contribution in [0.15, 0.2) is 0 Å². The van der Waals surface area contributed by atoms with Crippen LogP contribution in [0.2, 0.25) is 0 Å². The van der Waals surface area contributed by atoms with Gasteiger partial charge in [0.05, 0.1) is 0 Å². The highest BCUT2D eigenvalue weighted by Crippen LogP contribution is 2.41. The lowest BCUT2D eigenvalue weighted by Crippen LogP contribution is -2.24. The molecule has 0 aliphatic heterocycles. The quantitative estimate of drug-likeness (QED) is 0.517. The fraction of sp³-hybridized carbons (Fsp3) is 1.00. The Balaban J connectivity index is 2.36. The standard InChI is InChI=1S/C6H13N/c1-5-4-6(5,2)7-3/h5,7H,4H2,1-3H3/t5?,6-/m0/s1. The van der Waals surface area contributed by atoms with Crippen LogP contribution in [-0.4, -0.2) is 12.6 Å². The predicted molar refractivity (Wildman–Crippen MR) is 31.2 cm³/mol. The van der Waals surface area contributed by atoms with E-state index in [9.17, 15) is 0 Å². The van der Waals surface area contributed by atoms with Crippen LogP contribution in [0, 0.1) is 5.92 Å². The molecule has 2 atom stereocenters. The molecule has 0 bridgehead atoms. The molecule has 0 spiro atoms. The van der Waals surface area contributed by atoms with E-state index in [0.717, 1.165) is 5.92 Å². The second-order valence-electron chi connectivity index (χ2n) is 2.77. The first-order chi connectivity index (χ1) is 3.19. The van der Waals surface area contributed by atoms with Gasteiger partial charge in [-0.25, -0.2) is 0 Å². The van der Waals surface area contributed by atoms with Crippen molar-refractivity contribution >= 4 is 0 Å². The van der Waals surface area contributed by atoms with Crippen molar-refractivity contribution in [3.05, 3.63) is 0 Å². The average molecular weight is 99.2 g/mol. The number of nitrogens with one attached hydrogen (secondary N) is 1. The van der Waals surface area contributed by atoms with Crippen LogP contribution in [0.25, 0.3) is 0 Å². The average Bonchev–Trinajstić information content (AvgIpc) is 2.18. The Morgan fingerprint density at radius 2 is 2.14 bits per heavy atom. The third-order valence-electron chi connectivity index (χ3n) is 2.23. The zero-order chi connectivity index (χ0) is 5.49. The van der Waals surface area contributed by atoms with Gasteiger partial charge in [-0.05, 0) is 26.3 Å². The summed E-state index contributed by atoms with van der Waals surface area (Å²) >= 11 is 0. The van der Waals surface area contributed by atoms with Crippen molar-refractivity contribution < 1.29 is 0 Å². The predicted octanol–water partition coefficient (Wildman–Crippen LogP) is 1.00. The van der Waals surface area contributed by atoms with Crippen LogP contribution < -0.4 is 5.32 Å². The molecule has 0 aromatic carbocycles. The van der Waals surface area contributed by atoms with Crippen LogP contribution in [0.4, 0.5) is 0 Å². The minimum Gasteiger partial charge on any atom is -0.314 e. The van der Waals surface area contributed by atoms with Crippen molar-refractivity contribution in [2.75, 3.05) is 7.05 Å². The molecule has 7 heavy (non-hydrogen) atoms. The molecule has 1 N–H and O–H groups in total. The normalized spacial score (nSPS) is 49.3. The minimum absolute atomic E-state index is 0.500.